The Labute approximate surface area is 111 Å². The molecule has 0 amide bonds. The van der Waals surface area contributed by atoms with Crippen molar-refractivity contribution in [2.45, 2.75) is 57.2 Å². The molecule has 0 aliphatic carbocycles. The minimum atomic E-state index is 0.0727. The van der Waals surface area contributed by atoms with Crippen LogP contribution in [0.2, 0.25) is 0 Å². The highest BCUT2D eigenvalue weighted by Crippen LogP contribution is 2.35. The van der Waals surface area contributed by atoms with Crippen LogP contribution in [0.4, 0.5) is 0 Å². The van der Waals surface area contributed by atoms with E-state index < -0.39 is 0 Å². The van der Waals surface area contributed by atoms with Crippen molar-refractivity contribution < 1.29 is 5.11 Å². The molecule has 2 saturated heterocycles. The Kier molecular flexibility index (Phi) is 4.64. The lowest BCUT2D eigenvalue weighted by atomic mass is 9.84. The van der Waals surface area contributed by atoms with Crippen molar-refractivity contribution in [3.05, 3.63) is 0 Å². The molecule has 106 valence electrons. The van der Waals surface area contributed by atoms with E-state index in [1.165, 1.54) is 32.4 Å². The van der Waals surface area contributed by atoms with E-state index in [1.54, 1.807) is 0 Å². The predicted molar refractivity (Wildman–Crippen MR) is 74.5 cm³/mol. The molecule has 4 heteroatoms. The fourth-order valence-corrected chi connectivity index (χ4v) is 3.61. The number of piperidine rings is 1. The molecule has 0 spiro atoms. The van der Waals surface area contributed by atoms with Crippen LogP contribution in [0.1, 0.15) is 39.5 Å². The molecule has 0 bridgehead atoms. The summed E-state index contributed by atoms with van der Waals surface area (Å²) in [4.78, 5) is 2.61. The third-order valence-corrected chi connectivity index (χ3v) is 5.12. The lowest BCUT2D eigenvalue weighted by molar-refractivity contribution is 0.117. The molecule has 0 aromatic carbocycles. The average Bonchev–Trinajstić information content (AvgIpc) is 2.77. The maximum atomic E-state index is 9.29. The molecule has 4 atom stereocenters. The average molecular weight is 255 g/mol. The largest absolute Gasteiger partial charge is 0.396 e. The molecule has 0 aromatic rings. The van der Waals surface area contributed by atoms with Crippen molar-refractivity contribution in [1.29, 1.82) is 0 Å². The Hall–Kier alpha value is -0.160. The van der Waals surface area contributed by atoms with Crippen LogP contribution in [0.3, 0.4) is 0 Å². The number of rotatable bonds is 5. The standard InChI is InChI=1S/C14H29N3O/c1-11(9-18)12(2)16-14(10-15)6-8-17-7-4-3-5-13(14)17/h11-13,16,18H,3-10,15H2,1-2H3. The number of hydrogen-bond donors (Lipinski definition) is 3. The lowest BCUT2D eigenvalue weighted by Gasteiger charge is -2.43. The van der Waals surface area contributed by atoms with Crippen LogP contribution in [0.5, 0.6) is 0 Å². The van der Waals surface area contributed by atoms with Gasteiger partial charge in [-0.1, -0.05) is 13.3 Å². The first kappa shape index (κ1) is 14.3. The smallest absolute Gasteiger partial charge is 0.0475 e. The topological polar surface area (TPSA) is 61.5 Å². The monoisotopic (exact) mass is 255 g/mol. The molecule has 4 unspecified atom stereocenters. The van der Waals surface area contributed by atoms with Gasteiger partial charge in [0.05, 0.1) is 0 Å². The van der Waals surface area contributed by atoms with Crippen molar-refractivity contribution in [3.63, 3.8) is 0 Å². The molecule has 2 aliphatic rings. The van der Waals surface area contributed by atoms with E-state index in [4.69, 9.17) is 5.73 Å². The SMILES string of the molecule is CC(CO)C(C)NC1(CN)CCN2CCCCC21. The first-order valence-corrected chi connectivity index (χ1v) is 7.45. The summed E-state index contributed by atoms with van der Waals surface area (Å²) in [6.45, 7) is 7.62. The third kappa shape index (κ3) is 2.57. The summed E-state index contributed by atoms with van der Waals surface area (Å²) >= 11 is 0. The van der Waals surface area contributed by atoms with Crippen molar-refractivity contribution in [2.75, 3.05) is 26.2 Å². The van der Waals surface area contributed by atoms with Gasteiger partial charge in [-0.05, 0) is 38.6 Å². The van der Waals surface area contributed by atoms with Gasteiger partial charge in [-0.2, -0.15) is 0 Å². The molecular weight excluding hydrogens is 226 g/mol. The molecule has 0 saturated carbocycles. The van der Waals surface area contributed by atoms with Crippen LogP contribution in [0.15, 0.2) is 0 Å². The molecule has 2 rings (SSSR count). The Morgan fingerprint density at radius 2 is 2.17 bits per heavy atom. The Balaban J connectivity index is 2.06. The summed E-state index contributed by atoms with van der Waals surface area (Å²) in [5.74, 6) is 0.283. The molecule has 2 aliphatic heterocycles. The molecule has 2 fully saturated rings. The molecule has 4 nitrogen and oxygen atoms in total. The Morgan fingerprint density at radius 3 is 2.83 bits per heavy atom. The summed E-state index contributed by atoms with van der Waals surface area (Å²) in [7, 11) is 0. The fourth-order valence-electron chi connectivity index (χ4n) is 3.61. The minimum absolute atomic E-state index is 0.0727. The number of aliphatic hydroxyl groups excluding tert-OH is 1. The third-order valence-electron chi connectivity index (χ3n) is 5.12. The molecule has 0 radical (unpaired) electrons. The normalized spacial score (nSPS) is 36.3. The number of nitrogens with two attached hydrogens (primary N) is 1. The zero-order chi connectivity index (χ0) is 13.2. The molecule has 0 aromatic heterocycles. The first-order valence-electron chi connectivity index (χ1n) is 7.45. The second-order valence-electron chi connectivity index (χ2n) is 6.25. The molecule has 18 heavy (non-hydrogen) atoms. The van der Waals surface area contributed by atoms with Gasteiger partial charge in [0.15, 0.2) is 0 Å². The lowest BCUT2D eigenvalue weighted by Crippen LogP contribution is -2.63. The highest BCUT2D eigenvalue weighted by atomic mass is 16.3. The summed E-state index contributed by atoms with van der Waals surface area (Å²) in [5.41, 5.74) is 6.19. The second kappa shape index (κ2) is 5.87. The Bertz CT molecular complexity index is 274. The summed E-state index contributed by atoms with van der Waals surface area (Å²) in [6, 6.07) is 0.921. The maximum Gasteiger partial charge on any atom is 0.0475 e. The van der Waals surface area contributed by atoms with Crippen molar-refractivity contribution in [1.82, 2.24) is 10.2 Å². The van der Waals surface area contributed by atoms with Crippen molar-refractivity contribution in [2.24, 2.45) is 11.7 Å². The van der Waals surface area contributed by atoms with Gasteiger partial charge in [-0.15, -0.1) is 0 Å². The molecule has 4 N–H and O–H groups in total. The predicted octanol–water partition coefficient (Wildman–Crippen LogP) is 0.549. The van der Waals surface area contributed by atoms with Crippen LogP contribution < -0.4 is 11.1 Å². The van der Waals surface area contributed by atoms with E-state index in [-0.39, 0.29) is 18.1 Å². The fraction of sp³-hybridized carbons (Fsp3) is 1.00. The summed E-state index contributed by atoms with van der Waals surface area (Å²) < 4.78 is 0. The van der Waals surface area contributed by atoms with Gasteiger partial charge in [-0.3, -0.25) is 4.90 Å². The van der Waals surface area contributed by atoms with Crippen LogP contribution in [-0.4, -0.2) is 53.9 Å². The van der Waals surface area contributed by atoms with Gasteiger partial charge in [-0.25, -0.2) is 0 Å². The van der Waals surface area contributed by atoms with Crippen LogP contribution in [0, 0.1) is 5.92 Å². The number of nitrogens with one attached hydrogen (secondary N) is 1. The number of fused-ring (bicyclic) bond motifs is 1. The van der Waals surface area contributed by atoms with E-state index >= 15 is 0 Å². The van der Waals surface area contributed by atoms with E-state index in [2.05, 4.69) is 24.1 Å². The quantitative estimate of drug-likeness (QED) is 0.671. The first-order chi connectivity index (χ1) is 8.63. The zero-order valence-electron chi connectivity index (χ0n) is 11.9. The molecule has 2 heterocycles. The number of nitrogens with zero attached hydrogens (tertiary/aromatic N) is 1. The van der Waals surface area contributed by atoms with E-state index in [9.17, 15) is 5.11 Å². The van der Waals surface area contributed by atoms with Crippen LogP contribution in [-0.2, 0) is 0 Å². The van der Waals surface area contributed by atoms with Gasteiger partial charge in [0.25, 0.3) is 0 Å². The van der Waals surface area contributed by atoms with Crippen molar-refractivity contribution >= 4 is 0 Å². The highest BCUT2D eigenvalue weighted by Gasteiger charge is 2.47. The van der Waals surface area contributed by atoms with E-state index in [0.29, 0.717) is 18.6 Å². The number of hydrogen-bond acceptors (Lipinski definition) is 4. The Morgan fingerprint density at radius 1 is 1.39 bits per heavy atom. The summed E-state index contributed by atoms with van der Waals surface area (Å²) in [5, 5.41) is 13.1. The van der Waals surface area contributed by atoms with E-state index in [0.717, 1.165) is 6.42 Å². The van der Waals surface area contributed by atoms with E-state index in [1.807, 2.05) is 0 Å². The van der Waals surface area contributed by atoms with Crippen LogP contribution in [0.25, 0.3) is 0 Å². The number of aliphatic hydroxyl groups is 1. The second-order valence-corrected chi connectivity index (χ2v) is 6.25. The summed E-state index contributed by atoms with van der Waals surface area (Å²) in [6.07, 6.45) is 5.08. The van der Waals surface area contributed by atoms with Crippen molar-refractivity contribution in [3.8, 4) is 0 Å². The van der Waals surface area contributed by atoms with Crippen LogP contribution >= 0.6 is 0 Å². The van der Waals surface area contributed by atoms with Gasteiger partial charge in [0, 0.05) is 37.3 Å². The minimum Gasteiger partial charge on any atom is -0.396 e. The van der Waals surface area contributed by atoms with Gasteiger partial charge < -0.3 is 16.2 Å². The zero-order valence-corrected chi connectivity index (χ0v) is 11.9. The molecular formula is C14H29N3O. The van der Waals surface area contributed by atoms with Gasteiger partial charge >= 0.3 is 0 Å². The maximum absolute atomic E-state index is 9.29. The van der Waals surface area contributed by atoms with Gasteiger partial charge in [0.1, 0.15) is 0 Å². The van der Waals surface area contributed by atoms with Gasteiger partial charge in [0.2, 0.25) is 0 Å². The highest BCUT2D eigenvalue weighted by molar-refractivity contribution is 5.08.